The van der Waals surface area contributed by atoms with E-state index in [1.54, 1.807) is 18.2 Å². The SMILES string of the molecule is COc1ccc(C)cc1N1CC(C(=O)N2CCN(Cc3cccnc3)CC2)CC1=O. The minimum Gasteiger partial charge on any atom is -0.495 e. The molecule has 0 radical (unpaired) electrons. The highest BCUT2D eigenvalue weighted by atomic mass is 16.5. The van der Waals surface area contributed by atoms with Crippen LogP contribution in [-0.2, 0) is 16.1 Å². The van der Waals surface area contributed by atoms with Crippen molar-refractivity contribution < 1.29 is 14.3 Å². The first-order valence-electron chi connectivity index (χ1n) is 10.4. The number of amides is 2. The number of rotatable bonds is 5. The smallest absolute Gasteiger partial charge is 0.228 e. The normalized spacial score (nSPS) is 19.9. The van der Waals surface area contributed by atoms with Gasteiger partial charge in [0.1, 0.15) is 5.75 Å². The molecule has 0 aliphatic carbocycles. The maximum atomic E-state index is 13.1. The monoisotopic (exact) mass is 408 g/mol. The molecular formula is C23H28N4O3. The van der Waals surface area contributed by atoms with E-state index in [1.807, 2.05) is 42.3 Å². The summed E-state index contributed by atoms with van der Waals surface area (Å²) in [5.74, 6) is 0.421. The van der Waals surface area contributed by atoms with Gasteiger partial charge in [0.15, 0.2) is 0 Å². The molecule has 2 aromatic rings. The molecule has 3 heterocycles. The summed E-state index contributed by atoms with van der Waals surface area (Å²) in [5.41, 5.74) is 2.98. The molecule has 0 bridgehead atoms. The van der Waals surface area contributed by atoms with Crippen molar-refractivity contribution in [2.45, 2.75) is 19.9 Å². The van der Waals surface area contributed by atoms with Crippen LogP contribution in [0.2, 0.25) is 0 Å². The molecule has 1 aromatic heterocycles. The van der Waals surface area contributed by atoms with Gasteiger partial charge in [0.2, 0.25) is 11.8 Å². The zero-order valence-electron chi connectivity index (χ0n) is 17.6. The van der Waals surface area contributed by atoms with Crippen molar-refractivity contribution >= 4 is 17.5 Å². The molecule has 4 rings (SSSR count). The van der Waals surface area contributed by atoms with Crippen molar-refractivity contribution in [2.75, 3.05) is 44.7 Å². The lowest BCUT2D eigenvalue weighted by molar-refractivity contribution is -0.137. The van der Waals surface area contributed by atoms with E-state index in [1.165, 1.54) is 5.56 Å². The number of hydrogen-bond donors (Lipinski definition) is 0. The third kappa shape index (κ3) is 4.31. The lowest BCUT2D eigenvalue weighted by atomic mass is 10.1. The van der Waals surface area contributed by atoms with Gasteiger partial charge in [-0.3, -0.25) is 19.5 Å². The number of pyridine rings is 1. The molecule has 30 heavy (non-hydrogen) atoms. The van der Waals surface area contributed by atoms with Gasteiger partial charge >= 0.3 is 0 Å². The molecule has 1 aromatic carbocycles. The standard InChI is InChI=1S/C23H28N4O3/c1-17-5-6-21(30-2)20(12-17)27-16-19(13-22(27)28)23(29)26-10-8-25(9-11-26)15-18-4-3-7-24-14-18/h3-7,12,14,19H,8-11,13,15-16H2,1-2H3. The van der Waals surface area contributed by atoms with Crippen molar-refractivity contribution in [3.05, 3.63) is 53.9 Å². The maximum absolute atomic E-state index is 13.1. The van der Waals surface area contributed by atoms with Gasteiger partial charge in [-0.25, -0.2) is 0 Å². The second-order valence-electron chi connectivity index (χ2n) is 8.04. The Labute approximate surface area is 177 Å². The number of nitrogens with zero attached hydrogens (tertiary/aromatic N) is 4. The zero-order valence-corrected chi connectivity index (χ0v) is 17.6. The molecule has 2 amide bonds. The highest BCUT2D eigenvalue weighted by Gasteiger charge is 2.38. The molecule has 1 atom stereocenters. The molecular weight excluding hydrogens is 380 g/mol. The van der Waals surface area contributed by atoms with Crippen molar-refractivity contribution in [1.29, 1.82) is 0 Å². The van der Waals surface area contributed by atoms with Gasteiger partial charge in [-0.1, -0.05) is 12.1 Å². The molecule has 7 heteroatoms. The van der Waals surface area contributed by atoms with Crippen LogP contribution in [0.15, 0.2) is 42.7 Å². The highest BCUT2D eigenvalue weighted by Crippen LogP contribution is 2.34. The van der Waals surface area contributed by atoms with Crippen LogP contribution in [0.1, 0.15) is 17.5 Å². The average Bonchev–Trinajstić information content (AvgIpc) is 3.16. The van der Waals surface area contributed by atoms with E-state index >= 15 is 0 Å². The van der Waals surface area contributed by atoms with E-state index in [-0.39, 0.29) is 24.2 Å². The Balaban J connectivity index is 1.36. The Bertz CT molecular complexity index is 910. The fraction of sp³-hybridized carbons (Fsp3) is 0.435. The first kappa shape index (κ1) is 20.3. The van der Waals surface area contributed by atoms with E-state index in [9.17, 15) is 9.59 Å². The third-order valence-corrected chi connectivity index (χ3v) is 5.91. The predicted molar refractivity (Wildman–Crippen MR) is 114 cm³/mol. The number of hydrogen-bond acceptors (Lipinski definition) is 5. The van der Waals surface area contributed by atoms with Crippen LogP contribution in [0.4, 0.5) is 5.69 Å². The first-order chi connectivity index (χ1) is 14.5. The van der Waals surface area contributed by atoms with Crippen molar-refractivity contribution in [3.63, 3.8) is 0 Å². The summed E-state index contributed by atoms with van der Waals surface area (Å²) in [6.07, 6.45) is 3.92. The number of carbonyl (C=O) groups is 2. The van der Waals surface area contributed by atoms with Gasteiger partial charge in [0.05, 0.1) is 18.7 Å². The number of anilines is 1. The number of carbonyl (C=O) groups excluding carboxylic acids is 2. The molecule has 2 fully saturated rings. The summed E-state index contributed by atoms with van der Waals surface area (Å²) >= 11 is 0. The van der Waals surface area contributed by atoms with Crippen LogP contribution < -0.4 is 9.64 Å². The summed E-state index contributed by atoms with van der Waals surface area (Å²) in [7, 11) is 1.60. The highest BCUT2D eigenvalue weighted by molar-refractivity contribution is 6.01. The van der Waals surface area contributed by atoms with Gasteiger partial charge in [-0.15, -0.1) is 0 Å². The second kappa shape index (κ2) is 8.83. The van der Waals surface area contributed by atoms with Gasteiger partial charge in [0, 0.05) is 58.1 Å². The first-order valence-corrected chi connectivity index (χ1v) is 10.4. The molecule has 0 N–H and O–H groups in total. The minimum absolute atomic E-state index is 0.0209. The number of aromatic nitrogens is 1. The molecule has 2 aliphatic rings. The van der Waals surface area contributed by atoms with E-state index < -0.39 is 0 Å². The van der Waals surface area contributed by atoms with Gasteiger partial charge in [0.25, 0.3) is 0 Å². The maximum Gasteiger partial charge on any atom is 0.228 e. The van der Waals surface area contributed by atoms with Crippen molar-refractivity contribution in [3.8, 4) is 5.75 Å². The van der Waals surface area contributed by atoms with Crippen LogP contribution in [0, 0.1) is 12.8 Å². The second-order valence-corrected chi connectivity index (χ2v) is 8.04. The average molecular weight is 409 g/mol. The Morgan fingerprint density at radius 2 is 2.00 bits per heavy atom. The van der Waals surface area contributed by atoms with E-state index in [4.69, 9.17) is 4.74 Å². The number of methoxy groups -OCH3 is 1. The Morgan fingerprint density at radius 3 is 2.70 bits per heavy atom. The summed E-state index contributed by atoms with van der Waals surface area (Å²) in [4.78, 5) is 35.9. The van der Waals surface area contributed by atoms with Crippen molar-refractivity contribution in [2.24, 2.45) is 5.92 Å². The lowest BCUT2D eigenvalue weighted by Crippen LogP contribution is -2.50. The van der Waals surface area contributed by atoms with Gasteiger partial charge < -0.3 is 14.5 Å². The molecule has 2 aliphatic heterocycles. The van der Waals surface area contributed by atoms with Gasteiger partial charge in [-0.05, 0) is 36.2 Å². The quantitative estimate of drug-likeness (QED) is 0.758. The number of aryl methyl sites for hydroxylation is 1. The molecule has 1 unspecified atom stereocenters. The largest absolute Gasteiger partial charge is 0.495 e. The fourth-order valence-corrected chi connectivity index (χ4v) is 4.25. The number of benzene rings is 1. The Morgan fingerprint density at radius 1 is 1.20 bits per heavy atom. The van der Waals surface area contributed by atoms with Crippen LogP contribution in [0.25, 0.3) is 0 Å². The van der Waals surface area contributed by atoms with Crippen LogP contribution in [0.5, 0.6) is 5.75 Å². The molecule has 0 spiro atoms. The van der Waals surface area contributed by atoms with Crippen LogP contribution in [-0.4, -0.2) is 66.4 Å². The predicted octanol–water partition coefficient (Wildman–Crippen LogP) is 2.10. The fourth-order valence-electron chi connectivity index (χ4n) is 4.25. The van der Waals surface area contributed by atoms with Gasteiger partial charge in [-0.2, -0.15) is 0 Å². The summed E-state index contributed by atoms with van der Waals surface area (Å²) in [5, 5.41) is 0. The summed E-state index contributed by atoms with van der Waals surface area (Å²) in [6, 6.07) is 9.79. The number of piperazine rings is 1. The minimum atomic E-state index is -0.299. The molecule has 7 nitrogen and oxygen atoms in total. The number of ether oxygens (including phenoxy) is 1. The molecule has 2 saturated heterocycles. The lowest BCUT2D eigenvalue weighted by Gasteiger charge is -2.35. The third-order valence-electron chi connectivity index (χ3n) is 5.91. The molecule has 0 saturated carbocycles. The zero-order chi connectivity index (χ0) is 21.1. The Hall–Kier alpha value is -2.93. The van der Waals surface area contributed by atoms with E-state index in [2.05, 4.69) is 16.0 Å². The van der Waals surface area contributed by atoms with E-state index in [0.29, 0.717) is 25.4 Å². The summed E-state index contributed by atoms with van der Waals surface area (Å²) < 4.78 is 5.43. The Kier molecular flexibility index (Phi) is 5.99. The van der Waals surface area contributed by atoms with E-state index in [0.717, 1.165) is 30.9 Å². The van der Waals surface area contributed by atoms with Crippen LogP contribution >= 0.6 is 0 Å². The van der Waals surface area contributed by atoms with Crippen molar-refractivity contribution in [1.82, 2.24) is 14.8 Å². The molecule has 158 valence electrons. The van der Waals surface area contributed by atoms with Crippen LogP contribution in [0.3, 0.4) is 0 Å². The topological polar surface area (TPSA) is 66.0 Å². The summed E-state index contributed by atoms with van der Waals surface area (Å²) in [6.45, 7) is 6.28.